The maximum absolute atomic E-state index is 12.6. The van der Waals surface area contributed by atoms with Crippen molar-refractivity contribution in [1.82, 2.24) is 10.3 Å². The van der Waals surface area contributed by atoms with E-state index in [-0.39, 0.29) is 23.5 Å². The Morgan fingerprint density at radius 2 is 2.00 bits per heavy atom. The molecule has 0 spiro atoms. The summed E-state index contributed by atoms with van der Waals surface area (Å²) in [5.41, 5.74) is -0.243. The second-order valence-electron chi connectivity index (χ2n) is 7.42. The number of carbonyl (C=O) groups excluding carboxylic acids is 2. The molecule has 1 saturated carbocycles. The van der Waals surface area contributed by atoms with Crippen LogP contribution >= 0.6 is 11.6 Å². The molecule has 31 heavy (non-hydrogen) atoms. The normalized spacial score (nSPS) is 16.0. The standard InChI is InChI=1S/C22H25ClN2O6/c1-12(25-21(27)18-19(26)17(29-3)9-10-24-18)22(28)30-13(2)20(14-7-8-14)31-16-6-4-5-15(23)11-16/h4-6,9-14,20,26H,7-8H2,1-3H3,(H,25,27)/t12-,13-,20-/m0/s1. The smallest absolute Gasteiger partial charge is 0.328 e. The van der Waals surface area contributed by atoms with Crippen molar-refractivity contribution in [1.29, 1.82) is 0 Å². The molecule has 1 amide bonds. The van der Waals surface area contributed by atoms with Crippen LogP contribution in [0.5, 0.6) is 17.2 Å². The van der Waals surface area contributed by atoms with Gasteiger partial charge < -0.3 is 24.6 Å². The average Bonchev–Trinajstić information content (AvgIpc) is 3.57. The van der Waals surface area contributed by atoms with E-state index in [4.69, 9.17) is 25.8 Å². The highest BCUT2D eigenvalue weighted by Gasteiger charge is 2.39. The van der Waals surface area contributed by atoms with E-state index in [0.29, 0.717) is 10.8 Å². The lowest BCUT2D eigenvalue weighted by atomic mass is 10.1. The first-order valence-corrected chi connectivity index (χ1v) is 10.3. The molecular weight excluding hydrogens is 424 g/mol. The Labute approximate surface area is 185 Å². The second kappa shape index (κ2) is 9.87. The van der Waals surface area contributed by atoms with Gasteiger partial charge in [0, 0.05) is 17.3 Å². The third-order valence-electron chi connectivity index (χ3n) is 4.94. The minimum atomic E-state index is -0.964. The molecule has 1 aliphatic rings. The predicted octanol–water partition coefficient (Wildman–Crippen LogP) is 3.36. The van der Waals surface area contributed by atoms with Crippen LogP contribution in [0.4, 0.5) is 0 Å². The van der Waals surface area contributed by atoms with Crippen molar-refractivity contribution in [2.24, 2.45) is 5.92 Å². The summed E-state index contributed by atoms with van der Waals surface area (Å²) < 4.78 is 16.6. The lowest BCUT2D eigenvalue weighted by Gasteiger charge is -2.26. The number of aromatic nitrogens is 1. The first kappa shape index (κ1) is 22.7. The molecule has 3 rings (SSSR count). The molecule has 1 aliphatic carbocycles. The van der Waals surface area contributed by atoms with E-state index < -0.39 is 29.8 Å². The van der Waals surface area contributed by atoms with Crippen molar-refractivity contribution in [3.8, 4) is 17.2 Å². The Hall–Kier alpha value is -3.00. The molecule has 3 atom stereocenters. The summed E-state index contributed by atoms with van der Waals surface area (Å²) in [5, 5.41) is 13.1. The number of methoxy groups -OCH3 is 1. The molecule has 2 aromatic rings. The first-order valence-electron chi connectivity index (χ1n) is 9.95. The number of amides is 1. The number of nitrogens with one attached hydrogen (secondary N) is 1. The van der Waals surface area contributed by atoms with Crippen molar-refractivity contribution < 1.29 is 28.9 Å². The van der Waals surface area contributed by atoms with Crippen molar-refractivity contribution in [2.45, 2.75) is 44.9 Å². The van der Waals surface area contributed by atoms with Crippen LogP contribution in [0.15, 0.2) is 36.5 Å². The fourth-order valence-electron chi connectivity index (χ4n) is 3.14. The molecule has 0 aliphatic heterocycles. The van der Waals surface area contributed by atoms with Crippen molar-refractivity contribution in [2.75, 3.05) is 7.11 Å². The second-order valence-corrected chi connectivity index (χ2v) is 7.86. The van der Waals surface area contributed by atoms with Crippen LogP contribution in [0.25, 0.3) is 0 Å². The predicted molar refractivity (Wildman–Crippen MR) is 114 cm³/mol. The van der Waals surface area contributed by atoms with E-state index in [2.05, 4.69) is 10.3 Å². The van der Waals surface area contributed by atoms with Gasteiger partial charge in [0.15, 0.2) is 17.2 Å². The van der Waals surface area contributed by atoms with E-state index in [1.165, 1.54) is 26.3 Å². The van der Waals surface area contributed by atoms with Gasteiger partial charge in [-0.05, 0) is 50.8 Å². The lowest BCUT2D eigenvalue weighted by molar-refractivity contribution is -0.155. The maximum atomic E-state index is 12.6. The molecule has 1 heterocycles. The number of benzene rings is 1. The SMILES string of the molecule is COc1ccnc(C(=O)N[C@@H](C)C(=O)O[C@@H](C)[C@H](Oc2cccc(Cl)c2)C2CC2)c1O. The number of rotatable bonds is 9. The monoisotopic (exact) mass is 448 g/mol. The summed E-state index contributed by atoms with van der Waals surface area (Å²) >= 11 is 6.02. The number of pyridine rings is 1. The molecule has 1 fully saturated rings. The van der Waals surface area contributed by atoms with E-state index in [0.717, 1.165) is 12.8 Å². The number of esters is 1. The van der Waals surface area contributed by atoms with Gasteiger partial charge in [0.1, 0.15) is 24.0 Å². The summed E-state index contributed by atoms with van der Waals surface area (Å²) in [6, 6.07) is 7.51. The topological polar surface area (TPSA) is 107 Å². The van der Waals surface area contributed by atoms with Crippen LogP contribution in [0.3, 0.4) is 0 Å². The zero-order valence-electron chi connectivity index (χ0n) is 17.5. The van der Waals surface area contributed by atoms with Crippen molar-refractivity contribution in [3.63, 3.8) is 0 Å². The minimum Gasteiger partial charge on any atom is -0.503 e. The summed E-state index contributed by atoms with van der Waals surface area (Å²) in [5.74, 6) is -0.751. The Morgan fingerprint density at radius 3 is 2.65 bits per heavy atom. The fraction of sp³-hybridized carbons (Fsp3) is 0.409. The van der Waals surface area contributed by atoms with Gasteiger partial charge in [-0.25, -0.2) is 9.78 Å². The number of aromatic hydroxyl groups is 1. The van der Waals surface area contributed by atoms with Crippen LogP contribution in [0, 0.1) is 5.92 Å². The summed E-state index contributed by atoms with van der Waals surface area (Å²) in [6.07, 6.45) is 2.43. The summed E-state index contributed by atoms with van der Waals surface area (Å²) in [6.45, 7) is 3.25. The molecule has 0 unspecified atom stereocenters. The number of halogens is 1. The Bertz CT molecular complexity index is 949. The molecule has 166 valence electrons. The van der Waals surface area contributed by atoms with Crippen molar-refractivity contribution in [3.05, 3.63) is 47.2 Å². The first-order chi connectivity index (χ1) is 14.8. The third-order valence-corrected chi connectivity index (χ3v) is 5.18. The zero-order chi connectivity index (χ0) is 22.5. The number of carbonyl (C=O) groups is 2. The maximum Gasteiger partial charge on any atom is 0.328 e. The van der Waals surface area contributed by atoms with Gasteiger partial charge in [0.05, 0.1) is 7.11 Å². The van der Waals surface area contributed by atoms with Crippen LogP contribution in [-0.2, 0) is 9.53 Å². The highest BCUT2D eigenvalue weighted by atomic mass is 35.5. The largest absolute Gasteiger partial charge is 0.503 e. The fourth-order valence-corrected chi connectivity index (χ4v) is 3.32. The molecule has 1 aromatic heterocycles. The number of nitrogens with zero attached hydrogens (tertiary/aromatic N) is 1. The van der Waals surface area contributed by atoms with E-state index >= 15 is 0 Å². The van der Waals surface area contributed by atoms with Gasteiger partial charge in [0.2, 0.25) is 0 Å². The lowest BCUT2D eigenvalue weighted by Crippen LogP contribution is -2.43. The summed E-state index contributed by atoms with van der Waals surface area (Å²) in [7, 11) is 1.36. The molecule has 0 saturated heterocycles. The zero-order valence-corrected chi connectivity index (χ0v) is 18.3. The van der Waals surface area contributed by atoms with E-state index in [1.807, 2.05) is 0 Å². The van der Waals surface area contributed by atoms with Crippen LogP contribution in [-0.4, -0.2) is 47.3 Å². The van der Waals surface area contributed by atoms with Gasteiger partial charge in [-0.2, -0.15) is 0 Å². The van der Waals surface area contributed by atoms with Crippen LogP contribution in [0.1, 0.15) is 37.2 Å². The molecule has 2 N–H and O–H groups in total. The molecule has 0 bridgehead atoms. The van der Waals surface area contributed by atoms with Gasteiger partial charge in [-0.15, -0.1) is 0 Å². The molecule has 1 aromatic carbocycles. The minimum absolute atomic E-state index is 0.106. The summed E-state index contributed by atoms with van der Waals surface area (Å²) in [4.78, 5) is 28.8. The Morgan fingerprint density at radius 1 is 1.26 bits per heavy atom. The van der Waals surface area contributed by atoms with Gasteiger partial charge >= 0.3 is 5.97 Å². The third kappa shape index (κ3) is 5.79. The molecular formula is C22H25ClN2O6. The van der Waals surface area contributed by atoms with Crippen LogP contribution < -0.4 is 14.8 Å². The van der Waals surface area contributed by atoms with Gasteiger partial charge in [0.25, 0.3) is 5.91 Å². The number of hydrogen-bond donors (Lipinski definition) is 2. The Balaban J connectivity index is 1.60. The van der Waals surface area contributed by atoms with Crippen LogP contribution in [0.2, 0.25) is 5.02 Å². The number of ether oxygens (including phenoxy) is 3. The van der Waals surface area contributed by atoms with E-state index in [1.54, 1.807) is 31.2 Å². The number of hydrogen-bond acceptors (Lipinski definition) is 7. The molecule has 9 heteroatoms. The van der Waals surface area contributed by atoms with Crippen molar-refractivity contribution >= 4 is 23.5 Å². The molecule has 0 radical (unpaired) electrons. The Kier molecular flexibility index (Phi) is 7.22. The quantitative estimate of drug-likeness (QED) is 0.566. The van der Waals surface area contributed by atoms with Gasteiger partial charge in [-0.1, -0.05) is 17.7 Å². The van der Waals surface area contributed by atoms with Gasteiger partial charge in [-0.3, -0.25) is 4.79 Å². The average molecular weight is 449 g/mol. The highest BCUT2D eigenvalue weighted by molar-refractivity contribution is 6.30. The van der Waals surface area contributed by atoms with E-state index in [9.17, 15) is 14.7 Å². The molecule has 8 nitrogen and oxygen atoms in total. The highest BCUT2D eigenvalue weighted by Crippen LogP contribution is 2.37.